The molecule has 0 fully saturated rings. The predicted molar refractivity (Wildman–Crippen MR) is 86.7 cm³/mol. The largest absolute Gasteiger partial charge is 0.497 e. The van der Waals surface area contributed by atoms with Gasteiger partial charge in [-0.25, -0.2) is 4.98 Å². The Bertz CT molecular complexity index is 678. The highest BCUT2D eigenvalue weighted by molar-refractivity contribution is 5.28. The standard InChI is InChI=1S/C18H19N3O/c1-22-16-9-7-14(8-10-16)13-21-17(18-19-11-12-20-18)15-5-3-2-4-6-15/h2-12,17,21H,13H2,1H3,(H,19,20). The summed E-state index contributed by atoms with van der Waals surface area (Å²) in [5.41, 5.74) is 2.39. The molecule has 2 N–H and O–H groups in total. The monoisotopic (exact) mass is 293 g/mol. The summed E-state index contributed by atoms with van der Waals surface area (Å²) in [6.07, 6.45) is 3.63. The maximum absolute atomic E-state index is 5.19. The quantitative estimate of drug-likeness (QED) is 0.733. The van der Waals surface area contributed by atoms with Crippen LogP contribution >= 0.6 is 0 Å². The third-order valence-electron chi connectivity index (χ3n) is 3.60. The van der Waals surface area contributed by atoms with Crippen molar-refractivity contribution in [1.29, 1.82) is 0 Å². The van der Waals surface area contributed by atoms with Gasteiger partial charge in [-0.15, -0.1) is 0 Å². The van der Waals surface area contributed by atoms with Crippen molar-refractivity contribution >= 4 is 0 Å². The van der Waals surface area contributed by atoms with E-state index in [1.54, 1.807) is 13.3 Å². The van der Waals surface area contributed by atoms with Gasteiger partial charge < -0.3 is 9.72 Å². The van der Waals surface area contributed by atoms with Crippen molar-refractivity contribution in [3.05, 3.63) is 83.9 Å². The summed E-state index contributed by atoms with van der Waals surface area (Å²) >= 11 is 0. The van der Waals surface area contributed by atoms with Gasteiger partial charge in [-0.2, -0.15) is 0 Å². The molecular formula is C18H19N3O. The number of ether oxygens (including phenoxy) is 1. The van der Waals surface area contributed by atoms with Crippen LogP contribution in [0, 0.1) is 0 Å². The highest BCUT2D eigenvalue weighted by atomic mass is 16.5. The molecule has 0 amide bonds. The second kappa shape index (κ2) is 6.91. The van der Waals surface area contributed by atoms with Gasteiger partial charge in [0.2, 0.25) is 0 Å². The third-order valence-corrected chi connectivity index (χ3v) is 3.60. The van der Waals surface area contributed by atoms with Gasteiger partial charge in [0.15, 0.2) is 0 Å². The summed E-state index contributed by atoms with van der Waals surface area (Å²) in [5.74, 6) is 1.79. The molecule has 22 heavy (non-hydrogen) atoms. The Morgan fingerprint density at radius 2 is 1.86 bits per heavy atom. The Morgan fingerprint density at radius 3 is 2.50 bits per heavy atom. The normalized spacial score (nSPS) is 12.0. The molecule has 112 valence electrons. The van der Waals surface area contributed by atoms with E-state index in [1.165, 1.54) is 11.1 Å². The molecular weight excluding hydrogens is 274 g/mol. The molecule has 3 aromatic rings. The van der Waals surface area contributed by atoms with E-state index in [1.807, 2.05) is 36.5 Å². The number of hydrogen-bond donors (Lipinski definition) is 2. The number of aromatic nitrogens is 2. The van der Waals surface area contributed by atoms with Gasteiger partial charge in [-0.3, -0.25) is 5.32 Å². The molecule has 0 radical (unpaired) electrons. The number of hydrogen-bond acceptors (Lipinski definition) is 3. The molecule has 1 unspecified atom stereocenters. The molecule has 1 aromatic heterocycles. The summed E-state index contributed by atoms with van der Waals surface area (Å²) in [4.78, 5) is 7.59. The first-order valence-electron chi connectivity index (χ1n) is 7.27. The van der Waals surface area contributed by atoms with Crippen molar-refractivity contribution in [2.75, 3.05) is 7.11 Å². The van der Waals surface area contributed by atoms with Gasteiger partial charge in [0, 0.05) is 18.9 Å². The van der Waals surface area contributed by atoms with E-state index in [-0.39, 0.29) is 6.04 Å². The smallest absolute Gasteiger partial charge is 0.127 e. The van der Waals surface area contributed by atoms with Crippen LogP contribution < -0.4 is 10.1 Å². The molecule has 0 saturated carbocycles. The van der Waals surface area contributed by atoms with Crippen molar-refractivity contribution in [2.24, 2.45) is 0 Å². The Morgan fingerprint density at radius 1 is 1.09 bits per heavy atom. The first kappa shape index (κ1) is 14.4. The first-order valence-corrected chi connectivity index (χ1v) is 7.27. The van der Waals surface area contributed by atoms with Gasteiger partial charge >= 0.3 is 0 Å². The SMILES string of the molecule is COc1ccc(CNC(c2ccccc2)c2ncc[nH]2)cc1. The summed E-state index contributed by atoms with van der Waals surface area (Å²) in [6, 6.07) is 18.4. The minimum atomic E-state index is 0.0401. The number of benzene rings is 2. The van der Waals surface area contributed by atoms with Crippen LogP contribution in [0.1, 0.15) is 23.0 Å². The van der Waals surface area contributed by atoms with Crippen LogP contribution in [0.4, 0.5) is 0 Å². The van der Waals surface area contributed by atoms with Crippen molar-refractivity contribution in [3.8, 4) is 5.75 Å². The lowest BCUT2D eigenvalue weighted by Gasteiger charge is -2.17. The van der Waals surface area contributed by atoms with Gasteiger partial charge in [-0.05, 0) is 23.3 Å². The third kappa shape index (κ3) is 3.35. The summed E-state index contributed by atoms with van der Waals surface area (Å²) in [7, 11) is 1.68. The highest BCUT2D eigenvalue weighted by Crippen LogP contribution is 2.19. The number of aromatic amines is 1. The maximum Gasteiger partial charge on any atom is 0.127 e. The number of rotatable bonds is 6. The average molecular weight is 293 g/mol. The Balaban J connectivity index is 1.76. The average Bonchev–Trinajstić information content (AvgIpc) is 3.11. The van der Waals surface area contributed by atoms with Gasteiger partial charge in [0.05, 0.1) is 13.2 Å². The molecule has 1 heterocycles. The van der Waals surface area contributed by atoms with Crippen molar-refractivity contribution in [1.82, 2.24) is 15.3 Å². The zero-order chi connectivity index (χ0) is 15.2. The molecule has 0 aliphatic carbocycles. The fourth-order valence-electron chi connectivity index (χ4n) is 2.42. The minimum absolute atomic E-state index is 0.0401. The fourth-order valence-corrected chi connectivity index (χ4v) is 2.42. The summed E-state index contributed by atoms with van der Waals surface area (Å²) < 4.78 is 5.19. The fraction of sp³-hybridized carbons (Fsp3) is 0.167. The maximum atomic E-state index is 5.19. The second-order valence-corrected chi connectivity index (χ2v) is 5.05. The van der Waals surface area contributed by atoms with E-state index in [0.717, 1.165) is 18.1 Å². The molecule has 3 rings (SSSR count). The summed E-state index contributed by atoms with van der Waals surface area (Å²) in [5, 5.41) is 3.56. The predicted octanol–water partition coefficient (Wildman–Crippen LogP) is 3.30. The van der Waals surface area contributed by atoms with E-state index in [0.29, 0.717) is 0 Å². The Labute approximate surface area is 130 Å². The lowest BCUT2D eigenvalue weighted by molar-refractivity contribution is 0.414. The van der Waals surface area contributed by atoms with E-state index in [2.05, 4.69) is 39.6 Å². The van der Waals surface area contributed by atoms with Crippen molar-refractivity contribution in [3.63, 3.8) is 0 Å². The molecule has 4 nitrogen and oxygen atoms in total. The molecule has 0 aliphatic heterocycles. The molecule has 4 heteroatoms. The molecule has 0 saturated heterocycles. The molecule has 0 spiro atoms. The second-order valence-electron chi connectivity index (χ2n) is 5.05. The van der Waals surface area contributed by atoms with Crippen LogP contribution in [-0.2, 0) is 6.54 Å². The van der Waals surface area contributed by atoms with E-state index in [4.69, 9.17) is 4.74 Å². The van der Waals surface area contributed by atoms with E-state index >= 15 is 0 Å². The minimum Gasteiger partial charge on any atom is -0.497 e. The van der Waals surface area contributed by atoms with E-state index < -0.39 is 0 Å². The zero-order valence-electron chi connectivity index (χ0n) is 12.5. The topological polar surface area (TPSA) is 49.9 Å². The molecule has 0 aliphatic rings. The van der Waals surface area contributed by atoms with Crippen LogP contribution in [0.5, 0.6) is 5.75 Å². The van der Waals surface area contributed by atoms with Crippen molar-refractivity contribution in [2.45, 2.75) is 12.6 Å². The lowest BCUT2D eigenvalue weighted by Crippen LogP contribution is -2.23. The van der Waals surface area contributed by atoms with Crippen molar-refractivity contribution < 1.29 is 4.74 Å². The van der Waals surface area contributed by atoms with Crippen LogP contribution in [0.3, 0.4) is 0 Å². The van der Waals surface area contributed by atoms with E-state index in [9.17, 15) is 0 Å². The highest BCUT2D eigenvalue weighted by Gasteiger charge is 2.15. The van der Waals surface area contributed by atoms with Crippen LogP contribution in [0.25, 0.3) is 0 Å². The Kier molecular flexibility index (Phi) is 4.51. The molecule has 2 aromatic carbocycles. The number of nitrogens with zero attached hydrogens (tertiary/aromatic N) is 1. The molecule has 1 atom stereocenters. The first-order chi connectivity index (χ1) is 10.9. The zero-order valence-corrected chi connectivity index (χ0v) is 12.5. The number of nitrogens with one attached hydrogen (secondary N) is 2. The summed E-state index contributed by atoms with van der Waals surface area (Å²) in [6.45, 7) is 0.754. The number of H-pyrrole nitrogens is 1. The van der Waals surface area contributed by atoms with Crippen LogP contribution in [-0.4, -0.2) is 17.1 Å². The lowest BCUT2D eigenvalue weighted by atomic mass is 10.1. The van der Waals surface area contributed by atoms with Gasteiger partial charge in [0.25, 0.3) is 0 Å². The van der Waals surface area contributed by atoms with Gasteiger partial charge in [-0.1, -0.05) is 42.5 Å². The number of imidazole rings is 1. The van der Waals surface area contributed by atoms with Crippen LogP contribution in [0.15, 0.2) is 67.0 Å². The van der Waals surface area contributed by atoms with Gasteiger partial charge in [0.1, 0.15) is 11.6 Å². The molecule has 0 bridgehead atoms. The number of methoxy groups -OCH3 is 1. The van der Waals surface area contributed by atoms with Crippen LogP contribution in [0.2, 0.25) is 0 Å². The Hall–Kier alpha value is -2.59.